The van der Waals surface area contributed by atoms with Crippen LogP contribution in [0.25, 0.3) is 0 Å². The number of anilines is 1. The summed E-state index contributed by atoms with van der Waals surface area (Å²) in [4.78, 5) is 23.0. The number of ether oxygens (including phenoxy) is 1. The number of methoxy groups -OCH3 is 1. The van der Waals surface area contributed by atoms with E-state index in [0.717, 1.165) is 5.56 Å². The standard InChI is InChI=1S/C15H21N3O3/c1-5-14(19)18-17-11(3)9-15(20)16-12-8-10(2)6-7-13(12)21-4/h6-8H,5,9H2,1-4H3,(H,16,20)(H,18,19)/b17-11+. The van der Waals surface area contributed by atoms with Gasteiger partial charge in [0, 0.05) is 12.1 Å². The second-order valence-corrected chi connectivity index (χ2v) is 4.66. The fraction of sp³-hybridized carbons (Fsp3) is 0.400. The molecule has 0 saturated carbocycles. The number of aryl methyl sites for hydroxylation is 1. The van der Waals surface area contributed by atoms with E-state index in [2.05, 4.69) is 15.8 Å². The molecule has 2 N–H and O–H groups in total. The van der Waals surface area contributed by atoms with Crippen LogP contribution in [0, 0.1) is 6.92 Å². The summed E-state index contributed by atoms with van der Waals surface area (Å²) in [5.41, 5.74) is 4.54. The topological polar surface area (TPSA) is 79.8 Å². The summed E-state index contributed by atoms with van der Waals surface area (Å²) in [7, 11) is 1.55. The normalized spacial score (nSPS) is 11.0. The molecule has 2 amide bonds. The molecule has 0 atom stereocenters. The minimum absolute atomic E-state index is 0.0983. The SMILES string of the molecule is CCC(=O)N/N=C(\C)CC(=O)Nc1cc(C)ccc1OC. The van der Waals surface area contributed by atoms with Crippen molar-refractivity contribution >= 4 is 23.2 Å². The number of carbonyl (C=O) groups is 2. The maximum atomic E-state index is 12.0. The lowest BCUT2D eigenvalue weighted by atomic mass is 10.2. The maximum absolute atomic E-state index is 12.0. The quantitative estimate of drug-likeness (QED) is 0.623. The Kier molecular flexibility index (Phi) is 6.39. The number of hydrazone groups is 1. The molecule has 1 rings (SSSR count). The van der Waals surface area contributed by atoms with Gasteiger partial charge in [0.25, 0.3) is 0 Å². The molecule has 0 aliphatic rings. The van der Waals surface area contributed by atoms with Crippen molar-refractivity contribution in [3.05, 3.63) is 23.8 Å². The van der Waals surface area contributed by atoms with E-state index in [-0.39, 0.29) is 18.2 Å². The molecule has 0 saturated heterocycles. The molecule has 0 unspecified atom stereocenters. The summed E-state index contributed by atoms with van der Waals surface area (Å²) in [5.74, 6) is 0.198. The number of nitrogens with one attached hydrogen (secondary N) is 2. The highest BCUT2D eigenvalue weighted by Gasteiger charge is 2.09. The lowest BCUT2D eigenvalue weighted by Gasteiger charge is -2.11. The van der Waals surface area contributed by atoms with Crippen LogP contribution in [-0.2, 0) is 9.59 Å². The van der Waals surface area contributed by atoms with Crippen LogP contribution in [0.1, 0.15) is 32.3 Å². The van der Waals surface area contributed by atoms with Crippen LogP contribution in [0.2, 0.25) is 0 Å². The molecule has 0 fully saturated rings. The Bertz CT molecular complexity index is 553. The molecule has 0 aromatic heterocycles. The van der Waals surface area contributed by atoms with Crippen LogP contribution in [0.3, 0.4) is 0 Å². The second-order valence-electron chi connectivity index (χ2n) is 4.66. The zero-order valence-corrected chi connectivity index (χ0v) is 12.8. The predicted molar refractivity (Wildman–Crippen MR) is 82.5 cm³/mol. The smallest absolute Gasteiger partial charge is 0.239 e. The maximum Gasteiger partial charge on any atom is 0.239 e. The number of amides is 2. The Labute approximate surface area is 124 Å². The molecule has 0 aliphatic carbocycles. The van der Waals surface area contributed by atoms with E-state index in [1.54, 1.807) is 27.0 Å². The van der Waals surface area contributed by atoms with Crippen LogP contribution < -0.4 is 15.5 Å². The molecule has 1 aromatic carbocycles. The number of hydrogen-bond acceptors (Lipinski definition) is 4. The highest BCUT2D eigenvalue weighted by molar-refractivity contribution is 6.06. The Hall–Kier alpha value is -2.37. The number of nitrogens with zero attached hydrogens (tertiary/aromatic N) is 1. The van der Waals surface area contributed by atoms with Gasteiger partial charge >= 0.3 is 0 Å². The van der Waals surface area contributed by atoms with Gasteiger partial charge in [-0.2, -0.15) is 5.10 Å². The monoisotopic (exact) mass is 291 g/mol. The summed E-state index contributed by atoms with van der Waals surface area (Å²) < 4.78 is 5.20. The zero-order chi connectivity index (χ0) is 15.8. The molecule has 1 aromatic rings. The summed E-state index contributed by atoms with van der Waals surface area (Å²) in [6.07, 6.45) is 0.449. The van der Waals surface area contributed by atoms with E-state index in [9.17, 15) is 9.59 Å². The lowest BCUT2D eigenvalue weighted by molar-refractivity contribution is -0.121. The Morgan fingerprint density at radius 1 is 1.29 bits per heavy atom. The highest BCUT2D eigenvalue weighted by Crippen LogP contribution is 2.25. The molecular weight excluding hydrogens is 270 g/mol. The molecule has 0 spiro atoms. The van der Waals surface area contributed by atoms with Gasteiger partial charge in [-0.3, -0.25) is 9.59 Å². The number of rotatable bonds is 6. The van der Waals surface area contributed by atoms with Crippen LogP contribution >= 0.6 is 0 Å². The number of carbonyl (C=O) groups excluding carboxylic acids is 2. The van der Waals surface area contributed by atoms with E-state index >= 15 is 0 Å². The number of benzene rings is 1. The van der Waals surface area contributed by atoms with E-state index in [0.29, 0.717) is 23.6 Å². The zero-order valence-electron chi connectivity index (χ0n) is 12.8. The van der Waals surface area contributed by atoms with Crippen molar-refractivity contribution in [2.75, 3.05) is 12.4 Å². The van der Waals surface area contributed by atoms with Gasteiger partial charge in [-0.1, -0.05) is 13.0 Å². The second kappa shape index (κ2) is 8.04. The first-order chi connectivity index (χ1) is 9.96. The minimum Gasteiger partial charge on any atom is -0.495 e. The molecule has 6 nitrogen and oxygen atoms in total. The molecule has 6 heteroatoms. The third-order valence-electron chi connectivity index (χ3n) is 2.74. The van der Waals surface area contributed by atoms with E-state index < -0.39 is 0 Å². The first-order valence-corrected chi connectivity index (χ1v) is 6.72. The van der Waals surface area contributed by atoms with Crippen molar-refractivity contribution in [1.29, 1.82) is 0 Å². The summed E-state index contributed by atoms with van der Waals surface area (Å²) in [5, 5.41) is 6.64. The Balaban J connectivity index is 2.65. The average Bonchev–Trinajstić information content (AvgIpc) is 2.44. The van der Waals surface area contributed by atoms with Gasteiger partial charge < -0.3 is 10.1 Å². The van der Waals surface area contributed by atoms with Crippen molar-refractivity contribution in [2.45, 2.75) is 33.6 Å². The largest absolute Gasteiger partial charge is 0.495 e. The van der Waals surface area contributed by atoms with Crippen molar-refractivity contribution in [1.82, 2.24) is 5.43 Å². The third kappa shape index (κ3) is 5.64. The molecule has 0 bridgehead atoms. The van der Waals surface area contributed by atoms with Gasteiger partial charge in [0.05, 0.1) is 19.2 Å². The average molecular weight is 291 g/mol. The predicted octanol–water partition coefficient (Wildman–Crippen LogP) is 2.23. The van der Waals surface area contributed by atoms with Crippen molar-refractivity contribution in [3.63, 3.8) is 0 Å². The first kappa shape index (κ1) is 16.7. The highest BCUT2D eigenvalue weighted by atomic mass is 16.5. The van der Waals surface area contributed by atoms with E-state index in [1.165, 1.54) is 0 Å². The van der Waals surface area contributed by atoms with Crippen LogP contribution in [-0.4, -0.2) is 24.6 Å². The molecule has 0 heterocycles. The molecule has 0 radical (unpaired) electrons. The van der Waals surface area contributed by atoms with Gasteiger partial charge in [0.1, 0.15) is 5.75 Å². The fourth-order valence-electron chi connectivity index (χ4n) is 1.62. The molecular formula is C15H21N3O3. The van der Waals surface area contributed by atoms with Crippen LogP contribution in [0.15, 0.2) is 23.3 Å². The lowest BCUT2D eigenvalue weighted by Crippen LogP contribution is -2.20. The van der Waals surface area contributed by atoms with E-state index in [1.807, 2.05) is 19.1 Å². The van der Waals surface area contributed by atoms with Gasteiger partial charge in [-0.25, -0.2) is 5.43 Å². The minimum atomic E-state index is -0.217. The Morgan fingerprint density at radius 3 is 2.62 bits per heavy atom. The molecule has 21 heavy (non-hydrogen) atoms. The summed E-state index contributed by atoms with van der Waals surface area (Å²) in [6.45, 7) is 5.35. The van der Waals surface area contributed by atoms with Crippen LogP contribution in [0.4, 0.5) is 5.69 Å². The summed E-state index contributed by atoms with van der Waals surface area (Å²) in [6, 6.07) is 5.54. The first-order valence-electron chi connectivity index (χ1n) is 6.72. The number of hydrogen-bond donors (Lipinski definition) is 2. The van der Waals surface area contributed by atoms with Gasteiger partial charge in [0.15, 0.2) is 0 Å². The fourth-order valence-corrected chi connectivity index (χ4v) is 1.62. The van der Waals surface area contributed by atoms with Gasteiger partial charge in [0.2, 0.25) is 11.8 Å². The van der Waals surface area contributed by atoms with Gasteiger partial charge in [-0.05, 0) is 31.5 Å². The summed E-state index contributed by atoms with van der Waals surface area (Å²) >= 11 is 0. The van der Waals surface area contributed by atoms with Crippen LogP contribution in [0.5, 0.6) is 5.75 Å². The van der Waals surface area contributed by atoms with Crippen molar-refractivity contribution in [2.24, 2.45) is 5.10 Å². The Morgan fingerprint density at radius 2 is 2.00 bits per heavy atom. The van der Waals surface area contributed by atoms with Gasteiger partial charge in [-0.15, -0.1) is 0 Å². The third-order valence-corrected chi connectivity index (χ3v) is 2.74. The van der Waals surface area contributed by atoms with Crippen molar-refractivity contribution < 1.29 is 14.3 Å². The van der Waals surface area contributed by atoms with Crippen molar-refractivity contribution in [3.8, 4) is 5.75 Å². The molecule has 0 aliphatic heterocycles. The molecule has 114 valence electrons. The van der Waals surface area contributed by atoms with E-state index in [4.69, 9.17) is 4.74 Å².